The maximum atomic E-state index is 12.8. The van der Waals surface area contributed by atoms with Gasteiger partial charge in [-0.2, -0.15) is 13.2 Å². The van der Waals surface area contributed by atoms with E-state index in [4.69, 9.17) is 4.42 Å². The molecule has 1 fully saturated rings. The van der Waals surface area contributed by atoms with Crippen molar-refractivity contribution in [3.05, 3.63) is 36.5 Å². The summed E-state index contributed by atoms with van der Waals surface area (Å²) in [6.45, 7) is -1.20. The van der Waals surface area contributed by atoms with Crippen molar-refractivity contribution < 1.29 is 22.4 Å². The van der Waals surface area contributed by atoms with Gasteiger partial charge in [0, 0.05) is 18.1 Å². The maximum Gasteiger partial charge on any atom is 0.406 e. The number of nitrogens with zero attached hydrogens (tertiary/aromatic N) is 3. The highest BCUT2D eigenvalue weighted by atomic mass is 19.4. The SMILES string of the molecule is O=C(c1ccc(-c2ncnc3[nH]ccc23)o1)N(CC1CC1)CC(F)(F)F. The molecule has 0 aliphatic heterocycles. The van der Waals surface area contributed by atoms with Gasteiger partial charge in [-0.1, -0.05) is 0 Å². The number of fused-ring (bicyclic) bond motifs is 1. The van der Waals surface area contributed by atoms with Gasteiger partial charge in [-0.15, -0.1) is 0 Å². The Morgan fingerprint density at radius 1 is 1.27 bits per heavy atom. The van der Waals surface area contributed by atoms with Crippen molar-refractivity contribution in [2.75, 3.05) is 13.1 Å². The van der Waals surface area contributed by atoms with Crippen molar-refractivity contribution >= 4 is 16.9 Å². The zero-order valence-electron chi connectivity index (χ0n) is 13.6. The Kier molecular flexibility index (Phi) is 3.93. The Hall–Kier alpha value is -2.84. The van der Waals surface area contributed by atoms with Crippen molar-refractivity contribution in [2.24, 2.45) is 5.92 Å². The van der Waals surface area contributed by atoms with Crippen LogP contribution in [0.25, 0.3) is 22.5 Å². The van der Waals surface area contributed by atoms with Crippen LogP contribution < -0.4 is 0 Å². The van der Waals surface area contributed by atoms with Gasteiger partial charge in [-0.25, -0.2) is 9.97 Å². The van der Waals surface area contributed by atoms with Gasteiger partial charge in [-0.3, -0.25) is 4.79 Å². The fraction of sp³-hybridized carbons (Fsp3) is 0.353. The van der Waals surface area contributed by atoms with Gasteiger partial charge in [0.25, 0.3) is 5.91 Å². The number of hydrogen-bond donors (Lipinski definition) is 1. The summed E-state index contributed by atoms with van der Waals surface area (Å²) in [7, 11) is 0. The molecular weight excluding hydrogens is 349 g/mol. The number of aromatic amines is 1. The van der Waals surface area contributed by atoms with Crippen LogP contribution in [-0.4, -0.2) is 45.0 Å². The summed E-state index contributed by atoms with van der Waals surface area (Å²) in [4.78, 5) is 24.5. The van der Waals surface area contributed by atoms with E-state index >= 15 is 0 Å². The molecule has 3 aromatic rings. The second-order valence-corrected chi connectivity index (χ2v) is 6.37. The van der Waals surface area contributed by atoms with Crippen LogP contribution in [0.1, 0.15) is 23.4 Å². The lowest BCUT2D eigenvalue weighted by Crippen LogP contribution is -2.40. The summed E-state index contributed by atoms with van der Waals surface area (Å²) in [5.74, 6) is -0.456. The van der Waals surface area contributed by atoms with E-state index in [2.05, 4.69) is 15.0 Å². The van der Waals surface area contributed by atoms with Crippen LogP contribution >= 0.6 is 0 Å². The Morgan fingerprint density at radius 2 is 2.08 bits per heavy atom. The Morgan fingerprint density at radius 3 is 2.81 bits per heavy atom. The van der Waals surface area contributed by atoms with Crippen LogP contribution in [0.5, 0.6) is 0 Å². The standard InChI is InChI=1S/C17H15F3N4O2/c18-17(19,20)8-24(7-10-1-2-10)16(25)13-4-3-12(26-13)14-11-5-6-21-15(11)23-9-22-14/h3-6,9-10H,1-2,7-8H2,(H,21,22,23). The number of amides is 1. The second kappa shape index (κ2) is 6.15. The summed E-state index contributed by atoms with van der Waals surface area (Å²) >= 11 is 0. The third-order valence-corrected chi connectivity index (χ3v) is 4.24. The highest BCUT2D eigenvalue weighted by Gasteiger charge is 2.37. The number of carbonyl (C=O) groups excluding carboxylic acids is 1. The fourth-order valence-electron chi connectivity index (χ4n) is 2.85. The molecule has 1 N–H and O–H groups in total. The van der Waals surface area contributed by atoms with Gasteiger partial charge < -0.3 is 14.3 Å². The summed E-state index contributed by atoms with van der Waals surface area (Å²) in [6.07, 6.45) is 0.276. The minimum Gasteiger partial charge on any atom is -0.449 e. The smallest absolute Gasteiger partial charge is 0.406 e. The molecule has 1 aliphatic carbocycles. The molecule has 0 saturated heterocycles. The maximum absolute atomic E-state index is 12.8. The molecular formula is C17H15F3N4O2. The zero-order valence-corrected chi connectivity index (χ0v) is 13.6. The average Bonchev–Trinajstić information content (AvgIpc) is 3.09. The van der Waals surface area contributed by atoms with Crippen molar-refractivity contribution in [1.82, 2.24) is 19.9 Å². The van der Waals surface area contributed by atoms with E-state index in [-0.39, 0.29) is 18.2 Å². The number of halogens is 3. The molecule has 0 bridgehead atoms. The number of aromatic nitrogens is 3. The summed E-state index contributed by atoms with van der Waals surface area (Å²) < 4.78 is 44.0. The van der Waals surface area contributed by atoms with Crippen LogP contribution in [0.2, 0.25) is 0 Å². The van der Waals surface area contributed by atoms with Crippen molar-refractivity contribution in [2.45, 2.75) is 19.0 Å². The Balaban J connectivity index is 1.61. The van der Waals surface area contributed by atoms with Crippen molar-refractivity contribution in [3.63, 3.8) is 0 Å². The lowest BCUT2D eigenvalue weighted by molar-refractivity contribution is -0.141. The van der Waals surface area contributed by atoms with Crippen LogP contribution in [0, 0.1) is 5.92 Å². The number of furan rings is 1. The summed E-state index contributed by atoms with van der Waals surface area (Å²) in [5.41, 5.74) is 1.08. The third-order valence-electron chi connectivity index (χ3n) is 4.24. The first kappa shape index (κ1) is 16.6. The van der Waals surface area contributed by atoms with E-state index in [1.807, 2.05) is 0 Å². The first-order chi connectivity index (χ1) is 12.4. The third kappa shape index (κ3) is 3.42. The van der Waals surface area contributed by atoms with Crippen LogP contribution in [0.3, 0.4) is 0 Å². The largest absolute Gasteiger partial charge is 0.449 e. The molecule has 6 nitrogen and oxygen atoms in total. The van der Waals surface area contributed by atoms with Crippen LogP contribution in [0.15, 0.2) is 35.1 Å². The first-order valence-corrected chi connectivity index (χ1v) is 8.15. The van der Waals surface area contributed by atoms with Crippen molar-refractivity contribution in [3.8, 4) is 11.5 Å². The van der Waals surface area contributed by atoms with E-state index in [1.54, 1.807) is 12.3 Å². The lowest BCUT2D eigenvalue weighted by Gasteiger charge is -2.22. The van der Waals surface area contributed by atoms with E-state index in [1.165, 1.54) is 18.5 Å². The van der Waals surface area contributed by atoms with E-state index < -0.39 is 18.6 Å². The van der Waals surface area contributed by atoms with Gasteiger partial charge in [0.2, 0.25) is 0 Å². The first-order valence-electron chi connectivity index (χ1n) is 8.15. The van der Waals surface area contributed by atoms with E-state index in [9.17, 15) is 18.0 Å². The van der Waals surface area contributed by atoms with Gasteiger partial charge in [0.05, 0.1) is 0 Å². The molecule has 0 spiro atoms. The Bertz CT molecular complexity index is 943. The molecule has 26 heavy (non-hydrogen) atoms. The fourth-order valence-corrected chi connectivity index (χ4v) is 2.85. The molecule has 136 valence electrons. The van der Waals surface area contributed by atoms with Crippen LogP contribution in [0.4, 0.5) is 13.2 Å². The molecule has 0 unspecified atom stereocenters. The molecule has 4 rings (SSSR count). The highest BCUT2D eigenvalue weighted by Crippen LogP contribution is 2.32. The molecule has 1 amide bonds. The normalized spacial score (nSPS) is 14.7. The topological polar surface area (TPSA) is 75.0 Å². The number of rotatable bonds is 5. The van der Waals surface area contributed by atoms with E-state index in [0.29, 0.717) is 22.5 Å². The van der Waals surface area contributed by atoms with Gasteiger partial charge in [-0.05, 0) is 37.0 Å². The number of nitrogens with one attached hydrogen (secondary N) is 1. The zero-order chi connectivity index (χ0) is 18.3. The minimum atomic E-state index is -4.45. The predicted octanol–water partition coefficient (Wildman–Crippen LogP) is 3.63. The minimum absolute atomic E-state index is 0.0872. The molecule has 3 heterocycles. The monoisotopic (exact) mass is 364 g/mol. The van der Waals surface area contributed by atoms with Gasteiger partial charge in [0.15, 0.2) is 11.5 Å². The van der Waals surface area contributed by atoms with Crippen LogP contribution in [-0.2, 0) is 0 Å². The Labute approximate surface area is 146 Å². The quantitative estimate of drug-likeness (QED) is 0.750. The van der Waals surface area contributed by atoms with E-state index in [0.717, 1.165) is 17.7 Å². The molecule has 1 saturated carbocycles. The van der Waals surface area contributed by atoms with Gasteiger partial charge >= 0.3 is 6.18 Å². The highest BCUT2D eigenvalue weighted by molar-refractivity contribution is 5.93. The average molecular weight is 364 g/mol. The predicted molar refractivity (Wildman–Crippen MR) is 86.3 cm³/mol. The molecule has 0 radical (unpaired) electrons. The molecule has 3 aromatic heterocycles. The lowest BCUT2D eigenvalue weighted by atomic mass is 10.2. The second-order valence-electron chi connectivity index (χ2n) is 6.37. The van der Waals surface area contributed by atoms with Gasteiger partial charge in [0.1, 0.15) is 24.2 Å². The molecule has 0 atom stereocenters. The molecule has 1 aliphatic rings. The number of H-pyrrole nitrogens is 1. The number of hydrogen-bond acceptors (Lipinski definition) is 4. The number of carbonyl (C=O) groups is 1. The summed E-state index contributed by atoms with van der Waals surface area (Å²) in [5, 5.41) is 0.700. The number of alkyl halides is 3. The summed E-state index contributed by atoms with van der Waals surface area (Å²) in [6, 6.07) is 4.68. The molecule has 9 heteroatoms. The van der Waals surface area contributed by atoms with Crippen molar-refractivity contribution in [1.29, 1.82) is 0 Å². The molecule has 0 aromatic carbocycles.